The van der Waals surface area contributed by atoms with Crippen LogP contribution in [0.15, 0.2) is 11.6 Å². The van der Waals surface area contributed by atoms with Crippen LogP contribution >= 0.6 is 0 Å². The van der Waals surface area contributed by atoms with Gasteiger partial charge in [-0.1, -0.05) is 60.1 Å². The zero-order valence-electron chi connectivity index (χ0n) is 38.7. The van der Waals surface area contributed by atoms with Gasteiger partial charge in [-0.25, -0.2) is 4.79 Å². The number of carbonyl (C=O) groups is 2. The molecule has 18 nitrogen and oxygen atoms in total. The van der Waals surface area contributed by atoms with E-state index < -0.39 is 128 Å². The Bertz CT molecular complexity index is 1820. The SMILES string of the molecule is CC1(C)CC[C@]2(C(=O)O[C@@H]3O[C@H](CO)[C@@H](O)[C@H](O)[C@H]3O)CC[C@]3(C)C(=CCC4[C@@]5(C)CCC(O[C@H]6O[C@H](C(=O)O)[C@@H](O[C@@H]7O[C@@H](CO)[C@H](O)[C@H]7O)[C@H](O)[C@H]6O)C(C)(C)C5CC[C@]43C)[C@H]2C1. The summed E-state index contributed by atoms with van der Waals surface area (Å²) < 4.78 is 35.0. The van der Waals surface area contributed by atoms with E-state index in [1.54, 1.807) is 0 Å². The first kappa shape index (κ1) is 49.5. The molecule has 8 aliphatic rings. The lowest BCUT2D eigenvalue weighted by Gasteiger charge is -2.71. The van der Waals surface area contributed by atoms with Gasteiger partial charge in [0.2, 0.25) is 6.29 Å². The first-order valence-corrected chi connectivity index (χ1v) is 23.7. The predicted octanol–water partition coefficient (Wildman–Crippen LogP) is 0.872. The molecule has 3 aliphatic heterocycles. The van der Waals surface area contributed by atoms with Crippen molar-refractivity contribution in [2.45, 2.75) is 205 Å². The molecule has 0 aromatic carbocycles. The van der Waals surface area contributed by atoms with Crippen LogP contribution in [-0.2, 0) is 38.0 Å². The number of hydrogen-bond donors (Lipinski definition) is 10. The molecule has 0 aromatic heterocycles. The van der Waals surface area contributed by atoms with Gasteiger partial charge in [0.1, 0.15) is 61.0 Å². The van der Waals surface area contributed by atoms with Crippen LogP contribution < -0.4 is 0 Å². The number of esters is 1. The number of allylic oxidation sites excluding steroid dienone is 2. The number of hydrogen-bond acceptors (Lipinski definition) is 17. The molecule has 5 aliphatic carbocycles. The van der Waals surface area contributed by atoms with E-state index in [1.807, 2.05) is 0 Å². The number of fused-ring (bicyclic) bond motifs is 7. The van der Waals surface area contributed by atoms with E-state index in [4.69, 9.17) is 28.4 Å². The minimum absolute atomic E-state index is 0.0645. The van der Waals surface area contributed by atoms with E-state index in [9.17, 15) is 60.7 Å². The number of carboxylic acids is 1. The summed E-state index contributed by atoms with van der Waals surface area (Å²) in [7, 11) is 0. The fourth-order valence-corrected chi connectivity index (χ4v) is 14.8. The van der Waals surface area contributed by atoms with Gasteiger partial charge in [0.25, 0.3) is 0 Å². The molecule has 7 fully saturated rings. The minimum atomic E-state index is -1.84. The fourth-order valence-electron chi connectivity index (χ4n) is 14.8. The van der Waals surface area contributed by atoms with Gasteiger partial charge in [0.05, 0.1) is 24.7 Å². The zero-order valence-corrected chi connectivity index (χ0v) is 38.7. The van der Waals surface area contributed by atoms with E-state index in [1.165, 1.54) is 5.57 Å². The highest BCUT2D eigenvalue weighted by molar-refractivity contribution is 5.79. The molecule has 0 aromatic rings. The molecular formula is C47H74O18. The lowest BCUT2D eigenvalue weighted by Crippen LogP contribution is -2.66. The van der Waals surface area contributed by atoms with Gasteiger partial charge in [-0.05, 0) is 109 Å². The molecule has 3 heterocycles. The van der Waals surface area contributed by atoms with Gasteiger partial charge in [0, 0.05) is 0 Å². The average Bonchev–Trinajstić information content (AvgIpc) is 3.52. The third kappa shape index (κ3) is 7.67. The lowest BCUT2D eigenvalue weighted by molar-refractivity contribution is -0.342. The molecular weight excluding hydrogens is 852 g/mol. The van der Waals surface area contributed by atoms with Crippen LogP contribution in [0.25, 0.3) is 0 Å². The van der Waals surface area contributed by atoms with Crippen LogP contribution in [-0.4, -0.2) is 168 Å². The van der Waals surface area contributed by atoms with Crippen molar-refractivity contribution in [3.8, 4) is 0 Å². The Labute approximate surface area is 380 Å². The molecule has 0 bridgehead atoms. The number of carboxylic acid groups (broad SMARTS) is 1. The summed E-state index contributed by atoms with van der Waals surface area (Å²) in [5, 5.41) is 104. The number of aliphatic hydroxyl groups excluding tert-OH is 9. The molecule has 10 N–H and O–H groups in total. The zero-order chi connectivity index (χ0) is 47.6. The summed E-state index contributed by atoms with van der Waals surface area (Å²) in [5.41, 5.74) is -0.800. The Morgan fingerprint density at radius 3 is 1.89 bits per heavy atom. The van der Waals surface area contributed by atoms with Crippen LogP contribution in [0.4, 0.5) is 0 Å². The molecule has 370 valence electrons. The van der Waals surface area contributed by atoms with Crippen molar-refractivity contribution < 1.29 is 89.1 Å². The highest BCUT2D eigenvalue weighted by atomic mass is 16.8. The van der Waals surface area contributed by atoms with Gasteiger partial charge in [0.15, 0.2) is 18.7 Å². The van der Waals surface area contributed by atoms with Crippen molar-refractivity contribution in [2.75, 3.05) is 13.2 Å². The molecule has 8 rings (SSSR count). The number of aliphatic carboxylic acids is 1. The summed E-state index contributed by atoms with van der Waals surface area (Å²) in [6, 6.07) is 0. The van der Waals surface area contributed by atoms with Crippen LogP contribution in [0.5, 0.6) is 0 Å². The summed E-state index contributed by atoms with van der Waals surface area (Å²) in [6.45, 7) is 14.6. The van der Waals surface area contributed by atoms with Crippen molar-refractivity contribution in [3.05, 3.63) is 11.6 Å². The third-order valence-corrected chi connectivity index (χ3v) is 18.9. The van der Waals surface area contributed by atoms with Crippen LogP contribution in [0.1, 0.15) is 113 Å². The third-order valence-electron chi connectivity index (χ3n) is 18.9. The summed E-state index contributed by atoms with van der Waals surface area (Å²) in [5.74, 6) is -1.77. The van der Waals surface area contributed by atoms with E-state index in [0.717, 1.165) is 44.9 Å². The number of aliphatic hydroxyl groups is 9. The number of rotatable bonds is 9. The van der Waals surface area contributed by atoms with Crippen molar-refractivity contribution in [3.63, 3.8) is 0 Å². The quantitative estimate of drug-likeness (QED) is 0.0872. The number of carbonyl (C=O) groups excluding carboxylic acids is 1. The maximum absolute atomic E-state index is 14.6. The van der Waals surface area contributed by atoms with Gasteiger partial charge < -0.3 is 79.5 Å². The van der Waals surface area contributed by atoms with Crippen molar-refractivity contribution in [2.24, 2.45) is 50.2 Å². The second-order valence-corrected chi connectivity index (χ2v) is 23.0. The second-order valence-electron chi connectivity index (χ2n) is 23.0. The second kappa shape index (κ2) is 17.2. The van der Waals surface area contributed by atoms with Crippen molar-refractivity contribution in [1.29, 1.82) is 0 Å². The molecule has 3 unspecified atom stereocenters. The van der Waals surface area contributed by atoms with E-state index in [0.29, 0.717) is 19.3 Å². The smallest absolute Gasteiger partial charge is 0.335 e. The summed E-state index contributed by atoms with van der Waals surface area (Å²) in [4.78, 5) is 27.2. The Hall–Kier alpha value is -1.88. The number of ether oxygens (including phenoxy) is 6. The van der Waals surface area contributed by atoms with Gasteiger partial charge >= 0.3 is 11.9 Å². The molecule has 0 amide bonds. The van der Waals surface area contributed by atoms with Crippen LogP contribution in [0.3, 0.4) is 0 Å². The van der Waals surface area contributed by atoms with Gasteiger partial charge in [-0.15, -0.1) is 0 Å². The van der Waals surface area contributed by atoms with Crippen LogP contribution in [0.2, 0.25) is 0 Å². The van der Waals surface area contributed by atoms with Gasteiger partial charge in [-0.2, -0.15) is 0 Å². The predicted molar refractivity (Wildman–Crippen MR) is 225 cm³/mol. The Kier molecular flexibility index (Phi) is 13.1. The highest BCUT2D eigenvalue weighted by Crippen LogP contribution is 2.76. The monoisotopic (exact) mass is 926 g/mol. The normalized spacial score (nSPS) is 52.5. The fraction of sp³-hybridized carbons (Fsp3) is 0.915. The first-order chi connectivity index (χ1) is 30.3. The van der Waals surface area contributed by atoms with E-state index in [-0.39, 0.29) is 39.4 Å². The molecule has 4 saturated carbocycles. The molecule has 0 spiro atoms. The maximum atomic E-state index is 14.6. The van der Waals surface area contributed by atoms with E-state index in [2.05, 4.69) is 54.5 Å². The first-order valence-electron chi connectivity index (χ1n) is 23.7. The molecule has 65 heavy (non-hydrogen) atoms. The van der Waals surface area contributed by atoms with Crippen molar-refractivity contribution >= 4 is 11.9 Å². The maximum Gasteiger partial charge on any atom is 0.335 e. The lowest BCUT2D eigenvalue weighted by atomic mass is 9.33. The molecule has 18 heteroatoms. The van der Waals surface area contributed by atoms with Gasteiger partial charge in [-0.3, -0.25) is 4.79 Å². The summed E-state index contributed by atoms with van der Waals surface area (Å²) in [6.07, 6.45) is -13.2. The average molecular weight is 927 g/mol. The largest absolute Gasteiger partial charge is 0.479 e. The molecule has 22 atom stereocenters. The topological polar surface area (TPSA) is 292 Å². The van der Waals surface area contributed by atoms with Crippen molar-refractivity contribution in [1.82, 2.24) is 0 Å². The molecule has 0 radical (unpaired) electrons. The Morgan fingerprint density at radius 2 is 1.25 bits per heavy atom. The Balaban J connectivity index is 1.01. The molecule has 3 saturated heterocycles. The van der Waals surface area contributed by atoms with E-state index >= 15 is 0 Å². The summed E-state index contributed by atoms with van der Waals surface area (Å²) >= 11 is 0. The standard InChI is InChI=1S/C47H74O18/c1-42(2)14-16-47(41(59)65-39-33(55)30(52)28(50)23(19-48)61-39)17-15-45(6)21(22(47)18-42)8-9-26-44(5)12-11-27(43(3,4)25(44)10-13-46(26,45)7)62-40-34(56)31(53)35(36(64-40)37(57)58)63-38-32(54)29(51)24(20-49)60-38/h8,22-36,38-40,48-56H,9-20H2,1-7H3,(H,57,58)/t22-,23-,24+,25?,26?,27?,28-,29+,30+,31-,32-,33-,34-,35+,36+,38+,39+,40+,44+,45-,46-,47+/m1/s1. The minimum Gasteiger partial charge on any atom is -0.479 e. The Morgan fingerprint density at radius 1 is 0.662 bits per heavy atom. The van der Waals surface area contributed by atoms with Crippen LogP contribution in [0, 0.1) is 50.2 Å². The highest BCUT2D eigenvalue weighted by Gasteiger charge is 2.70.